The molecule has 1 saturated carbocycles. The molecule has 1 aromatic carbocycles. The predicted octanol–water partition coefficient (Wildman–Crippen LogP) is 4.85. The summed E-state index contributed by atoms with van der Waals surface area (Å²) in [5, 5.41) is 0.0165. The van der Waals surface area contributed by atoms with Crippen LogP contribution in [0.1, 0.15) is 31.2 Å². The first-order chi connectivity index (χ1) is 7.52. The first kappa shape index (κ1) is 12.3. The summed E-state index contributed by atoms with van der Waals surface area (Å²) in [6.07, 6.45) is 1.57. The molecule has 16 heavy (non-hydrogen) atoms. The fourth-order valence-electron chi connectivity index (χ4n) is 2.41. The van der Waals surface area contributed by atoms with Crippen molar-refractivity contribution >= 4 is 27.5 Å². The quantitative estimate of drug-likeness (QED) is 0.514. The van der Waals surface area contributed by atoms with E-state index in [1.807, 2.05) is 6.92 Å². The van der Waals surface area contributed by atoms with Crippen LogP contribution in [0.2, 0.25) is 0 Å². The van der Waals surface area contributed by atoms with Crippen molar-refractivity contribution in [2.24, 2.45) is 5.92 Å². The SMILES string of the molecule is CC1C(Cl)CCC1c1c(F)ccc(Br)c1F. The van der Waals surface area contributed by atoms with Crippen molar-refractivity contribution in [3.63, 3.8) is 0 Å². The lowest BCUT2D eigenvalue weighted by molar-refractivity contribution is 0.468. The summed E-state index contributed by atoms with van der Waals surface area (Å²) in [5.74, 6) is -0.953. The summed E-state index contributed by atoms with van der Waals surface area (Å²) in [7, 11) is 0. The molecule has 1 aliphatic carbocycles. The Morgan fingerprint density at radius 3 is 2.56 bits per heavy atom. The van der Waals surface area contributed by atoms with Crippen molar-refractivity contribution in [2.45, 2.75) is 31.1 Å². The number of rotatable bonds is 1. The molecule has 0 bridgehead atoms. The van der Waals surface area contributed by atoms with Gasteiger partial charge in [-0.2, -0.15) is 0 Å². The zero-order valence-electron chi connectivity index (χ0n) is 8.81. The standard InChI is InChI=1S/C12H12BrClF2/c1-6-7(2-4-9(6)14)11-10(15)5-3-8(13)12(11)16/h3,5-7,9H,2,4H2,1H3. The molecule has 1 aliphatic rings. The molecule has 3 atom stereocenters. The molecule has 0 heterocycles. The van der Waals surface area contributed by atoms with Crippen molar-refractivity contribution in [3.05, 3.63) is 33.8 Å². The average molecular weight is 310 g/mol. The van der Waals surface area contributed by atoms with Crippen LogP contribution in [0.3, 0.4) is 0 Å². The second-order valence-corrected chi connectivity index (χ2v) is 5.73. The van der Waals surface area contributed by atoms with Crippen LogP contribution in [0.25, 0.3) is 0 Å². The van der Waals surface area contributed by atoms with Gasteiger partial charge < -0.3 is 0 Å². The first-order valence-electron chi connectivity index (χ1n) is 5.30. The maximum absolute atomic E-state index is 13.9. The summed E-state index contributed by atoms with van der Waals surface area (Å²) in [5.41, 5.74) is 0.185. The molecule has 0 radical (unpaired) electrons. The minimum atomic E-state index is -0.484. The summed E-state index contributed by atoms with van der Waals surface area (Å²) in [6.45, 7) is 1.95. The van der Waals surface area contributed by atoms with Gasteiger partial charge in [0.2, 0.25) is 0 Å². The Morgan fingerprint density at radius 1 is 1.31 bits per heavy atom. The molecular formula is C12H12BrClF2. The Morgan fingerprint density at radius 2 is 2.00 bits per heavy atom. The van der Waals surface area contributed by atoms with Crippen LogP contribution in [0, 0.1) is 17.6 Å². The normalized spacial score (nSPS) is 29.7. The van der Waals surface area contributed by atoms with Crippen LogP contribution in [0.15, 0.2) is 16.6 Å². The molecule has 88 valence electrons. The molecule has 3 unspecified atom stereocenters. The van der Waals surface area contributed by atoms with Gasteiger partial charge in [-0.1, -0.05) is 6.92 Å². The van der Waals surface area contributed by atoms with E-state index in [0.717, 1.165) is 12.8 Å². The Hall–Kier alpha value is -0.150. The lowest BCUT2D eigenvalue weighted by Crippen LogP contribution is -2.12. The predicted molar refractivity (Wildman–Crippen MR) is 64.8 cm³/mol. The smallest absolute Gasteiger partial charge is 0.143 e. The van der Waals surface area contributed by atoms with Gasteiger partial charge in [0.25, 0.3) is 0 Å². The van der Waals surface area contributed by atoms with E-state index in [-0.39, 0.29) is 22.8 Å². The van der Waals surface area contributed by atoms with Gasteiger partial charge in [-0.25, -0.2) is 8.78 Å². The molecule has 0 amide bonds. The molecule has 1 fully saturated rings. The molecule has 0 aliphatic heterocycles. The maximum Gasteiger partial charge on any atom is 0.143 e. The van der Waals surface area contributed by atoms with E-state index in [1.165, 1.54) is 12.1 Å². The van der Waals surface area contributed by atoms with Crippen molar-refractivity contribution in [1.29, 1.82) is 0 Å². The monoisotopic (exact) mass is 308 g/mol. The third-order valence-electron chi connectivity index (χ3n) is 3.41. The van der Waals surface area contributed by atoms with E-state index in [0.29, 0.717) is 4.47 Å². The van der Waals surface area contributed by atoms with Gasteiger partial charge >= 0.3 is 0 Å². The minimum Gasteiger partial charge on any atom is -0.207 e. The van der Waals surface area contributed by atoms with Gasteiger partial charge in [0, 0.05) is 10.9 Å². The molecule has 0 N–H and O–H groups in total. The lowest BCUT2D eigenvalue weighted by Gasteiger charge is -2.19. The van der Waals surface area contributed by atoms with Crippen LogP contribution < -0.4 is 0 Å². The molecule has 0 saturated heterocycles. The van der Waals surface area contributed by atoms with Gasteiger partial charge in [-0.3, -0.25) is 0 Å². The van der Waals surface area contributed by atoms with E-state index in [9.17, 15) is 8.78 Å². The lowest BCUT2D eigenvalue weighted by atomic mass is 9.89. The van der Waals surface area contributed by atoms with E-state index in [1.54, 1.807) is 0 Å². The van der Waals surface area contributed by atoms with Gasteiger partial charge in [0.1, 0.15) is 11.6 Å². The van der Waals surface area contributed by atoms with Gasteiger partial charge in [-0.15, -0.1) is 11.6 Å². The highest BCUT2D eigenvalue weighted by Crippen LogP contribution is 2.44. The third-order valence-corrected chi connectivity index (χ3v) is 4.64. The zero-order valence-corrected chi connectivity index (χ0v) is 11.2. The highest BCUT2D eigenvalue weighted by molar-refractivity contribution is 9.10. The van der Waals surface area contributed by atoms with E-state index >= 15 is 0 Å². The van der Waals surface area contributed by atoms with Crippen LogP contribution in [0.4, 0.5) is 8.78 Å². The van der Waals surface area contributed by atoms with E-state index in [2.05, 4.69) is 15.9 Å². The Balaban J connectivity index is 2.44. The molecule has 0 nitrogen and oxygen atoms in total. The van der Waals surface area contributed by atoms with Crippen molar-refractivity contribution in [2.75, 3.05) is 0 Å². The van der Waals surface area contributed by atoms with Crippen molar-refractivity contribution in [3.8, 4) is 0 Å². The molecule has 0 spiro atoms. The highest BCUT2D eigenvalue weighted by Gasteiger charge is 2.36. The van der Waals surface area contributed by atoms with Crippen molar-refractivity contribution in [1.82, 2.24) is 0 Å². The molecule has 4 heteroatoms. The van der Waals surface area contributed by atoms with Crippen LogP contribution >= 0.6 is 27.5 Å². The van der Waals surface area contributed by atoms with Crippen molar-refractivity contribution < 1.29 is 8.78 Å². The number of halogens is 4. The Labute approximate surface area is 107 Å². The number of alkyl halides is 1. The molecular weight excluding hydrogens is 297 g/mol. The first-order valence-corrected chi connectivity index (χ1v) is 6.52. The van der Waals surface area contributed by atoms with E-state index < -0.39 is 11.6 Å². The topological polar surface area (TPSA) is 0 Å². The highest BCUT2D eigenvalue weighted by atomic mass is 79.9. The Bertz CT molecular complexity index is 408. The van der Waals surface area contributed by atoms with Gasteiger partial charge in [0.15, 0.2) is 0 Å². The Kier molecular flexibility index (Phi) is 3.55. The second-order valence-electron chi connectivity index (χ2n) is 4.32. The summed E-state index contributed by atoms with van der Waals surface area (Å²) in [6, 6.07) is 2.70. The fourth-order valence-corrected chi connectivity index (χ4v) is 3.05. The summed E-state index contributed by atoms with van der Waals surface area (Å²) >= 11 is 9.18. The average Bonchev–Trinajstić information content (AvgIpc) is 2.56. The third kappa shape index (κ3) is 2.00. The van der Waals surface area contributed by atoms with Crippen LogP contribution in [-0.4, -0.2) is 5.38 Å². The van der Waals surface area contributed by atoms with Crippen LogP contribution in [-0.2, 0) is 0 Å². The second kappa shape index (κ2) is 4.61. The maximum atomic E-state index is 13.9. The van der Waals surface area contributed by atoms with Crippen LogP contribution in [0.5, 0.6) is 0 Å². The number of benzene rings is 1. The molecule has 0 aromatic heterocycles. The largest absolute Gasteiger partial charge is 0.207 e. The van der Waals surface area contributed by atoms with Gasteiger partial charge in [-0.05, 0) is 52.7 Å². The summed E-state index contributed by atoms with van der Waals surface area (Å²) < 4.78 is 27.9. The number of hydrogen-bond acceptors (Lipinski definition) is 0. The van der Waals surface area contributed by atoms with E-state index in [4.69, 9.17) is 11.6 Å². The minimum absolute atomic E-state index is 0.0165. The molecule has 2 rings (SSSR count). The summed E-state index contributed by atoms with van der Waals surface area (Å²) in [4.78, 5) is 0. The number of hydrogen-bond donors (Lipinski definition) is 0. The molecule has 1 aromatic rings. The zero-order chi connectivity index (χ0) is 11.9. The fraction of sp³-hybridized carbons (Fsp3) is 0.500. The van der Waals surface area contributed by atoms with Gasteiger partial charge in [0.05, 0.1) is 4.47 Å².